The minimum atomic E-state index is 0.317. The van der Waals surface area contributed by atoms with Crippen LogP contribution < -0.4 is 5.32 Å². The second-order valence-electron chi connectivity index (χ2n) is 5.94. The number of ether oxygens (including phenoxy) is 1. The van der Waals surface area contributed by atoms with Crippen molar-refractivity contribution in [1.29, 1.82) is 0 Å². The lowest BCUT2D eigenvalue weighted by atomic mass is 10.0. The Morgan fingerprint density at radius 1 is 1.30 bits per heavy atom. The monoisotopic (exact) mass is 276 g/mol. The number of likely N-dealkylation sites (N-methyl/N-ethyl adjacent to an activating group) is 1. The molecule has 1 saturated heterocycles. The largest absolute Gasteiger partial charge is 0.374 e. The van der Waals surface area contributed by atoms with Crippen molar-refractivity contribution in [3.63, 3.8) is 0 Å². The minimum Gasteiger partial charge on any atom is -0.374 e. The Labute approximate surface area is 123 Å². The van der Waals surface area contributed by atoms with Gasteiger partial charge in [-0.05, 0) is 32.9 Å². The van der Waals surface area contributed by atoms with Gasteiger partial charge in [-0.15, -0.1) is 0 Å². The van der Waals surface area contributed by atoms with Gasteiger partial charge in [0.1, 0.15) is 0 Å². The van der Waals surface area contributed by atoms with Crippen molar-refractivity contribution in [2.45, 2.75) is 39.8 Å². The van der Waals surface area contributed by atoms with Crippen LogP contribution in [0.3, 0.4) is 0 Å². The van der Waals surface area contributed by atoms with E-state index in [0.29, 0.717) is 12.1 Å². The molecule has 2 rings (SSSR count). The van der Waals surface area contributed by atoms with Crippen LogP contribution in [0.4, 0.5) is 0 Å². The highest BCUT2D eigenvalue weighted by molar-refractivity contribution is 5.30. The molecule has 0 spiro atoms. The van der Waals surface area contributed by atoms with Gasteiger partial charge in [0.15, 0.2) is 0 Å². The van der Waals surface area contributed by atoms with Crippen LogP contribution in [-0.4, -0.2) is 43.8 Å². The number of hydrogen-bond donors (Lipinski definition) is 1. The van der Waals surface area contributed by atoms with Crippen molar-refractivity contribution in [3.05, 3.63) is 34.9 Å². The molecule has 1 fully saturated rings. The van der Waals surface area contributed by atoms with Crippen molar-refractivity contribution in [2.24, 2.45) is 0 Å². The molecule has 20 heavy (non-hydrogen) atoms. The summed E-state index contributed by atoms with van der Waals surface area (Å²) >= 11 is 0. The van der Waals surface area contributed by atoms with Gasteiger partial charge in [0.05, 0.1) is 12.7 Å². The maximum absolute atomic E-state index is 5.84. The maximum Gasteiger partial charge on any atom is 0.0826 e. The topological polar surface area (TPSA) is 24.5 Å². The summed E-state index contributed by atoms with van der Waals surface area (Å²) in [6, 6.07) is 7.13. The fraction of sp³-hybridized carbons (Fsp3) is 0.647. The van der Waals surface area contributed by atoms with Crippen molar-refractivity contribution in [3.8, 4) is 0 Å². The lowest BCUT2D eigenvalue weighted by molar-refractivity contribution is -0.0262. The van der Waals surface area contributed by atoms with E-state index in [0.717, 1.165) is 32.8 Å². The molecule has 3 heteroatoms. The molecule has 1 aromatic rings. The predicted octanol–water partition coefficient (Wildman–Crippen LogP) is 2.67. The molecule has 112 valence electrons. The van der Waals surface area contributed by atoms with Crippen molar-refractivity contribution in [1.82, 2.24) is 10.2 Å². The van der Waals surface area contributed by atoms with Gasteiger partial charge >= 0.3 is 0 Å². The van der Waals surface area contributed by atoms with Crippen LogP contribution in [0.2, 0.25) is 0 Å². The zero-order chi connectivity index (χ0) is 14.5. The standard InChI is InChI=1S/C17H28N2O/c1-5-19-6-7-20-17(12-19)11-18-15(4)16-9-13(2)8-14(3)10-16/h8-10,15,17-18H,5-7,11-12H2,1-4H3. The van der Waals surface area contributed by atoms with E-state index in [1.165, 1.54) is 16.7 Å². The van der Waals surface area contributed by atoms with Crippen LogP contribution in [0.5, 0.6) is 0 Å². The third-order valence-corrected chi connectivity index (χ3v) is 4.07. The van der Waals surface area contributed by atoms with Crippen molar-refractivity contribution < 1.29 is 4.74 Å². The summed E-state index contributed by atoms with van der Waals surface area (Å²) in [5.41, 5.74) is 4.03. The number of rotatable bonds is 5. The first-order valence-electron chi connectivity index (χ1n) is 7.74. The molecular formula is C17H28N2O. The Balaban J connectivity index is 1.86. The molecule has 0 amide bonds. The van der Waals surface area contributed by atoms with Crippen molar-refractivity contribution in [2.75, 3.05) is 32.8 Å². The van der Waals surface area contributed by atoms with Gasteiger partial charge in [0.2, 0.25) is 0 Å². The molecule has 0 aliphatic carbocycles. The highest BCUT2D eigenvalue weighted by Crippen LogP contribution is 2.17. The molecule has 1 aliphatic rings. The van der Waals surface area contributed by atoms with Gasteiger partial charge in [-0.2, -0.15) is 0 Å². The third kappa shape index (κ3) is 4.30. The number of benzene rings is 1. The number of nitrogens with one attached hydrogen (secondary N) is 1. The van der Waals surface area contributed by atoms with Gasteiger partial charge in [-0.1, -0.05) is 36.2 Å². The molecule has 2 unspecified atom stereocenters. The highest BCUT2D eigenvalue weighted by Gasteiger charge is 2.19. The van der Waals surface area contributed by atoms with E-state index in [1.54, 1.807) is 0 Å². The van der Waals surface area contributed by atoms with Gasteiger partial charge < -0.3 is 10.1 Å². The predicted molar refractivity (Wildman–Crippen MR) is 84.2 cm³/mol. The van der Waals surface area contributed by atoms with E-state index in [9.17, 15) is 0 Å². The van der Waals surface area contributed by atoms with E-state index >= 15 is 0 Å². The molecule has 1 heterocycles. The normalized spacial score (nSPS) is 21.9. The summed E-state index contributed by atoms with van der Waals surface area (Å²) in [5, 5.41) is 3.62. The summed E-state index contributed by atoms with van der Waals surface area (Å²) in [4.78, 5) is 2.46. The summed E-state index contributed by atoms with van der Waals surface area (Å²) < 4.78 is 5.84. The summed E-state index contributed by atoms with van der Waals surface area (Å²) in [6.07, 6.45) is 0.317. The summed E-state index contributed by atoms with van der Waals surface area (Å²) in [6.45, 7) is 13.8. The molecule has 0 radical (unpaired) electrons. The molecule has 3 nitrogen and oxygen atoms in total. The van der Waals surface area contributed by atoms with Gasteiger partial charge in [-0.3, -0.25) is 4.90 Å². The van der Waals surface area contributed by atoms with E-state index in [4.69, 9.17) is 4.74 Å². The van der Waals surface area contributed by atoms with Crippen LogP contribution in [0.25, 0.3) is 0 Å². The average Bonchev–Trinajstić information content (AvgIpc) is 2.44. The first kappa shape index (κ1) is 15.5. The molecule has 0 bridgehead atoms. The molecule has 0 aromatic heterocycles. The SMILES string of the molecule is CCN1CCOC(CNC(C)c2cc(C)cc(C)c2)C1. The fourth-order valence-electron chi connectivity index (χ4n) is 2.88. The Morgan fingerprint density at radius 3 is 2.65 bits per heavy atom. The molecule has 1 N–H and O–H groups in total. The maximum atomic E-state index is 5.84. The van der Waals surface area contributed by atoms with E-state index in [1.807, 2.05) is 0 Å². The number of morpholine rings is 1. The lowest BCUT2D eigenvalue weighted by Crippen LogP contribution is -2.46. The van der Waals surface area contributed by atoms with Gasteiger partial charge in [0.25, 0.3) is 0 Å². The Kier molecular flexibility index (Phi) is 5.58. The van der Waals surface area contributed by atoms with Crippen LogP contribution in [0, 0.1) is 13.8 Å². The first-order chi connectivity index (χ1) is 9.58. The highest BCUT2D eigenvalue weighted by atomic mass is 16.5. The van der Waals surface area contributed by atoms with Crippen LogP contribution in [-0.2, 0) is 4.74 Å². The third-order valence-electron chi connectivity index (χ3n) is 4.07. The molecule has 2 atom stereocenters. The number of aryl methyl sites for hydroxylation is 2. The van der Waals surface area contributed by atoms with E-state index in [2.05, 4.69) is 56.1 Å². The van der Waals surface area contributed by atoms with Crippen molar-refractivity contribution >= 4 is 0 Å². The van der Waals surface area contributed by atoms with Crippen LogP contribution in [0.1, 0.15) is 36.6 Å². The Hall–Kier alpha value is -0.900. The molecule has 1 aliphatic heterocycles. The van der Waals surface area contributed by atoms with E-state index < -0.39 is 0 Å². The average molecular weight is 276 g/mol. The number of hydrogen-bond acceptors (Lipinski definition) is 3. The van der Waals surface area contributed by atoms with Gasteiger partial charge in [-0.25, -0.2) is 0 Å². The minimum absolute atomic E-state index is 0.317. The second kappa shape index (κ2) is 7.21. The first-order valence-corrected chi connectivity index (χ1v) is 7.74. The molecule has 0 saturated carbocycles. The quantitative estimate of drug-likeness (QED) is 0.895. The second-order valence-corrected chi connectivity index (χ2v) is 5.94. The molecular weight excluding hydrogens is 248 g/mol. The summed E-state index contributed by atoms with van der Waals surface area (Å²) in [7, 11) is 0. The summed E-state index contributed by atoms with van der Waals surface area (Å²) in [5.74, 6) is 0. The van der Waals surface area contributed by atoms with E-state index in [-0.39, 0.29) is 0 Å². The van der Waals surface area contributed by atoms with Gasteiger partial charge in [0, 0.05) is 25.7 Å². The number of nitrogens with zero attached hydrogens (tertiary/aromatic N) is 1. The molecule has 1 aromatic carbocycles. The zero-order valence-electron chi connectivity index (χ0n) is 13.3. The Morgan fingerprint density at radius 2 is 2.00 bits per heavy atom. The zero-order valence-corrected chi connectivity index (χ0v) is 13.3. The Bertz CT molecular complexity index is 413. The lowest BCUT2D eigenvalue weighted by Gasteiger charge is -2.32. The van der Waals surface area contributed by atoms with Crippen LogP contribution in [0.15, 0.2) is 18.2 Å². The smallest absolute Gasteiger partial charge is 0.0826 e. The fourth-order valence-corrected chi connectivity index (χ4v) is 2.88. The van der Waals surface area contributed by atoms with Crippen LogP contribution >= 0.6 is 0 Å².